The maximum Gasteiger partial charge on any atom is 0.202 e. The van der Waals surface area contributed by atoms with Crippen molar-refractivity contribution in [3.05, 3.63) is 29.8 Å². The Labute approximate surface area is 95.2 Å². The van der Waals surface area contributed by atoms with Crippen molar-refractivity contribution in [2.24, 2.45) is 0 Å². The first kappa shape index (κ1) is 17.0. The SMILES string of the molecule is CC.CC.COP(O)c1ccc(C)cc1. The molecule has 1 N–H and O–H groups in total. The lowest BCUT2D eigenvalue weighted by Gasteiger charge is -2.06. The fourth-order valence-electron chi connectivity index (χ4n) is 0.778. The van der Waals surface area contributed by atoms with E-state index in [9.17, 15) is 4.89 Å². The van der Waals surface area contributed by atoms with E-state index in [1.165, 1.54) is 12.7 Å². The summed E-state index contributed by atoms with van der Waals surface area (Å²) in [5, 5.41) is 0.855. The highest BCUT2D eigenvalue weighted by molar-refractivity contribution is 7.54. The molecule has 0 amide bonds. The summed E-state index contributed by atoms with van der Waals surface area (Å²) >= 11 is 0. The summed E-state index contributed by atoms with van der Waals surface area (Å²) in [7, 11) is 0.120. The highest BCUT2D eigenvalue weighted by Crippen LogP contribution is 2.28. The molecule has 0 aliphatic rings. The molecule has 0 aromatic heterocycles. The Bertz CT molecular complexity index is 222. The molecular weight excluding hydrogens is 207 g/mol. The van der Waals surface area contributed by atoms with Crippen LogP contribution in [-0.2, 0) is 4.52 Å². The lowest BCUT2D eigenvalue weighted by Crippen LogP contribution is -2.00. The summed E-state index contributed by atoms with van der Waals surface area (Å²) in [6.45, 7) is 10.0. The van der Waals surface area contributed by atoms with Crippen molar-refractivity contribution in [1.82, 2.24) is 0 Å². The van der Waals surface area contributed by atoms with Gasteiger partial charge in [-0.25, -0.2) is 0 Å². The van der Waals surface area contributed by atoms with Crippen molar-refractivity contribution in [1.29, 1.82) is 0 Å². The average molecular weight is 230 g/mol. The van der Waals surface area contributed by atoms with Gasteiger partial charge >= 0.3 is 0 Å². The van der Waals surface area contributed by atoms with E-state index in [4.69, 9.17) is 4.52 Å². The van der Waals surface area contributed by atoms with E-state index in [1.807, 2.05) is 58.9 Å². The topological polar surface area (TPSA) is 29.5 Å². The lowest BCUT2D eigenvalue weighted by molar-refractivity contribution is 0.400. The predicted octanol–water partition coefficient (Wildman–Crippen LogP) is 3.62. The number of hydrogen-bond donors (Lipinski definition) is 1. The molecular formula is C12H23O2P. The van der Waals surface area contributed by atoms with Crippen LogP contribution in [0, 0.1) is 6.92 Å². The Morgan fingerprint density at radius 3 is 1.73 bits per heavy atom. The molecule has 1 aromatic rings. The highest BCUT2D eigenvalue weighted by Gasteiger charge is 2.04. The molecule has 0 fully saturated rings. The highest BCUT2D eigenvalue weighted by atomic mass is 31.2. The lowest BCUT2D eigenvalue weighted by atomic mass is 10.2. The van der Waals surface area contributed by atoms with Crippen molar-refractivity contribution >= 4 is 13.7 Å². The van der Waals surface area contributed by atoms with E-state index in [0.717, 1.165) is 5.30 Å². The molecule has 0 radical (unpaired) electrons. The smallest absolute Gasteiger partial charge is 0.202 e. The Morgan fingerprint density at radius 2 is 1.40 bits per heavy atom. The molecule has 1 rings (SSSR count). The fraction of sp³-hybridized carbons (Fsp3) is 0.500. The van der Waals surface area contributed by atoms with Gasteiger partial charge in [-0.1, -0.05) is 45.4 Å². The van der Waals surface area contributed by atoms with E-state index >= 15 is 0 Å². The van der Waals surface area contributed by atoms with Crippen LogP contribution >= 0.6 is 8.38 Å². The Kier molecular flexibility index (Phi) is 13.2. The van der Waals surface area contributed by atoms with E-state index in [0.29, 0.717) is 0 Å². The predicted molar refractivity (Wildman–Crippen MR) is 69.7 cm³/mol. The number of aryl methyl sites for hydroxylation is 1. The summed E-state index contributed by atoms with van der Waals surface area (Å²) in [6.07, 6.45) is 0. The molecule has 1 aromatic carbocycles. The summed E-state index contributed by atoms with van der Waals surface area (Å²) in [5.74, 6) is 0. The fourth-order valence-corrected chi connectivity index (χ4v) is 1.39. The van der Waals surface area contributed by atoms with Crippen LogP contribution in [0.1, 0.15) is 33.3 Å². The second kappa shape index (κ2) is 11.6. The Morgan fingerprint density at radius 1 is 1.00 bits per heavy atom. The van der Waals surface area contributed by atoms with Gasteiger partial charge in [0.1, 0.15) is 0 Å². The Hall–Kier alpha value is -0.430. The van der Waals surface area contributed by atoms with Crippen LogP contribution in [0.4, 0.5) is 0 Å². The van der Waals surface area contributed by atoms with Crippen molar-refractivity contribution in [3.63, 3.8) is 0 Å². The zero-order chi connectivity index (χ0) is 12.3. The third kappa shape index (κ3) is 7.49. The first-order valence-electron chi connectivity index (χ1n) is 5.34. The van der Waals surface area contributed by atoms with Gasteiger partial charge in [-0.3, -0.25) is 0 Å². The molecule has 0 aliphatic heterocycles. The van der Waals surface area contributed by atoms with Crippen molar-refractivity contribution in [2.45, 2.75) is 34.6 Å². The van der Waals surface area contributed by atoms with Gasteiger partial charge in [-0.05, 0) is 19.1 Å². The summed E-state index contributed by atoms with van der Waals surface area (Å²) in [4.78, 5) is 9.26. The molecule has 0 spiro atoms. The van der Waals surface area contributed by atoms with Gasteiger partial charge in [0.15, 0.2) is 0 Å². The minimum Gasteiger partial charge on any atom is -0.346 e. The molecule has 1 atom stereocenters. The number of benzene rings is 1. The molecule has 0 saturated carbocycles. The third-order valence-corrected chi connectivity index (χ3v) is 2.51. The van der Waals surface area contributed by atoms with Gasteiger partial charge < -0.3 is 9.42 Å². The quantitative estimate of drug-likeness (QED) is 0.786. The van der Waals surface area contributed by atoms with Crippen LogP contribution in [0.2, 0.25) is 0 Å². The molecule has 0 heterocycles. The number of rotatable bonds is 2. The standard InChI is InChI=1S/C8H11O2P.2C2H6/c1-7-3-5-8(6-4-7)11(9)10-2;2*1-2/h3-6,9H,1-2H3;2*1-2H3. The van der Waals surface area contributed by atoms with Crippen molar-refractivity contribution in [2.75, 3.05) is 7.11 Å². The van der Waals surface area contributed by atoms with Gasteiger partial charge in [0.25, 0.3) is 0 Å². The monoisotopic (exact) mass is 230 g/mol. The second-order valence-corrected chi connectivity index (χ2v) is 3.72. The van der Waals surface area contributed by atoms with Crippen molar-refractivity contribution in [3.8, 4) is 0 Å². The summed E-state index contributed by atoms with van der Waals surface area (Å²) in [6, 6.07) is 7.68. The van der Waals surface area contributed by atoms with Gasteiger partial charge in [0, 0.05) is 12.4 Å². The molecule has 0 bridgehead atoms. The van der Waals surface area contributed by atoms with E-state index < -0.39 is 8.38 Å². The molecule has 15 heavy (non-hydrogen) atoms. The van der Waals surface area contributed by atoms with Gasteiger partial charge in [-0.15, -0.1) is 0 Å². The van der Waals surface area contributed by atoms with Crippen LogP contribution in [-0.4, -0.2) is 12.0 Å². The minimum absolute atomic E-state index is 0.855. The Balaban J connectivity index is 0. The van der Waals surface area contributed by atoms with Crippen LogP contribution in [0.3, 0.4) is 0 Å². The molecule has 0 saturated heterocycles. The minimum atomic E-state index is -1.39. The maximum atomic E-state index is 9.26. The third-order valence-electron chi connectivity index (χ3n) is 1.43. The van der Waals surface area contributed by atoms with Crippen molar-refractivity contribution < 1.29 is 9.42 Å². The maximum absolute atomic E-state index is 9.26. The summed E-state index contributed by atoms with van der Waals surface area (Å²) in [5.41, 5.74) is 1.19. The summed E-state index contributed by atoms with van der Waals surface area (Å²) < 4.78 is 4.80. The van der Waals surface area contributed by atoms with Gasteiger partial charge in [0.2, 0.25) is 8.38 Å². The zero-order valence-electron chi connectivity index (χ0n) is 10.6. The molecule has 1 unspecified atom stereocenters. The normalized spacial score (nSPS) is 10.3. The first-order chi connectivity index (χ1) is 7.24. The van der Waals surface area contributed by atoms with Crippen LogP contribution in [0.25, 0.3) is 0 Å². The largest absolute Gasteiger partial charge is 0.346 e. The second-order valence-electron chi connectivity index (χ2n) is 2.29. The molecule has 2 nitrogen and oxygen atoms in total. The van der Waals surface area contributed by atoms with Crippen LogP contribution in [0.5, 0.6) is 0 Å². The number of hydrogen-bond acceptors (Lipinski definition) is 2. The zero-order valence-corrected chi connectivity index (χ0v) is 11.5. The van der Waals surface area contributed by atoms with E-state index in [-0.39, 0.29) is 0 Å². The molecule has 88 valence electrons. The molecule has 0 aliphatic carbocycles. The van der Waals surface area contributed by atoms with Crippen LogP contribution < -0.4 is 5.30 Å². The van der Waals surface area contributed by atoms with E-state index in [1.54, 1.807) is 0 Å². The first-order valence-corrected chi connectivity index (χ1v) is 6.55. The molecule has 3 heteroatoms. The van der Waals surface area contributed by atoms with Crippen LogP contribution in [0.15, 0.2) is 24.3 Å². The average Bonchev–Trinajstić information content (AvgIpc) is 2.34. The van der Waals surface area contributed by atoms with Gasteiger partial charge in [0.05, 0.1) is 0 Å². The van der Waals surface area contributed by atoms with Gasteiger partial charge in [-0.2, -0.15) is 0 Å². The van der Waals surface area contributed by atoms with E-state index in [2.05, 4.69) is 0 Å².